The molecule has 3 aliphatic rings. The molecule has 0 saturated carbocycles. The second-order valence-electron chi connectivity index (χ2n) is 38.4. The number of hydrogen-bond acceptors (Lipinski definition) is 6. The highest BCUT2D eigenvalue weighted by molar-refractivity contribution is 7.04. The lowest BCUT2D eigenvalue weighted by molar-refractivity contribution is 1.21. The second-order valence-corrected chi connectivity index (χ2v) is 51.2. The molecule has 3 aromatic heterocycles. The standard InChI is InChI=1S/C48H36N2Si.2C42H32N2Si/c1-51(2)44-27-13-12-26-43(44)45-46(39-25-15-24-38(29-39)37-23-14-22-36(28-37)33-16-6-3-7-17-33)49-47(50-48(45)51)42-31-40(34-18-8-4-9-19-34)30-41(32-42)35-20-10-5-11-21-35;1-45(2)38-24-13-12-23-37(38)39-40(43-41(44-42(39)45)33-22-14-21-32(25-33)29-15-6-3-7-16-29)36-27-34(30-17-8-4-9-18-30)26-35(28-36)31-19-10-5-11-20-31;1-45(2)38-21-13-12-20-37(38)39-40(43-41(44-42(39)45)33-24-22-32(23-25-33)29-14-6-3-7-15-29)36-27-34(30-16-8-4-9-17-30)26-35(28-36)31-18-10-5-11-19-31/h3-32H,1-2H3;2*3-28H,1-2H3. The van der Waals surface area contributed by atoms with Crippen LogP contribution in [0.4, 0.5) is 0 Å². The summed E-state index contributed by atoms with van der Waals surface area (Å²) in [6.07, 6.45) is 0. The van der Waals surface area contributed by atoms with Crippen molar-refractivity contribution in [1.82, 2.24) is 29.9 Å². The van der Waals surface area contributed by atoms with Crippen LogP contribution in [0.3, 0.4) is 0 Å². The Morgan fingerprint density at radius 1 is 0.128 bits per heavy atom. The van der Waals surface area contributed by atoms with Crippen molar-refractivity contribution in [3.05, 3.63) is 497 Å². The van der Waals surface area contributed by atoms with Crippen LogP contribution in [0.5, 0.6) is 0 Å². The lowest BCUT2D eigenvalue weighted by Crippen LogP contribution is -2.50. The van der Waals surface area contributed by atoms with Crippen molar-refractivity contribution < 1.29 is 0 Å². The Kier molecular flexibility index (Phi) is 23.4. The van der Waals surface area contributed by atoms with E-state index in [1.807, 2.05) is 0 Å². The Balaban J connectivity index is 0.000000118. The second kappa shape index (κ2) is 37.5. The van der Waals surface area contributed by atoms with E-state index in [0.29, 0.717) is 0 Å². The lowest BCUT2D eigenvalue weighted by atomic mass is 9.92. The first-order valence-corrected chi connectivity index (χ1v) is 57.6. The Morgan fingerprint density at radius 3 is 0.610 bits per heavy atom. The number of benzene rings is 19. The molecule has 0 N–H and O–H groups in total. The van der Waals surface area contributed by atoms with Crippen LogP contribution in [0.1, 0.15) is 0 Å². The SMILES string of the molecule is C[Si]1(C)c2ccccc2-c2c(-c3cc(-c4ccccc4)cc(-c4ccccc4)c3)nc(-c3ccc(-c4ccccc4)cc3)nc21.C[Si]1(C)c2ccccc2-c2c(-c3cc(-c4ccccc4)cc(-c4ccccc4)c3)nc(-c3cccc(-c4ccccc4)c3)nc21.C[Si]1(C)c2ccccc2-c2c(-c3cccc(-c4cccc(-c5ccccc5)c4)c3)nc(-c3cc(-c4ccccc4)cc(-c4ccccc4)c3)nc21. The summed E-state index contributed by atoms with van der Waals surface area (Å²) in [5.41, 5.74) is 40.4. The predicted molar refractivity (Wildman–Crippen MR) is 600 cm³/mol. The Morgan fingerprint density at radius 2 is 0.305 bits per heavy atom. The first-order valence-electron chi connectivity index (χ1n) is 48.6. The van der Waals surface area contributed by atoms with Crippen molar-refractivity contribution >= 4 is 55.7 Å². The third-order valence-electron chi connectivity index (χ3n) is 28.3. The third kappa shape index (κ3) is 17.2. The molecule has 0 radical (unpaired) electrons. The van der Waals surface area contributed by atoms with E-state index in [0.717, 1.165) is 84.6 Å². The number of fused-ring (bicyclic) bond motifs is 9. The lowest BCUT2D eigenvalue weighted by Gasteiger charge is -2.19. The Bertz CT molecular complexity index is 8260. The fourth-order valence-corrected chi connectivity index (χ4v) is 29.7. The van der Waals surface area contributed by atoms with Crippen LogP contribution < -0.4 is 31.5 Å². The third-order valence-corrected chi connectivity index (χ3v) is 38.3. The predicted octanol–water partition coefficient (Wildman–Crippen LogP) is 30.5. The van der Waals surface area contributed by atoms with Gasteiger partial charge in [0.15, 0.2) is 17.5 Å². The van der Waals surface area contributed by atoms with Crippen LogP contribution in [0.25, 0.3) is 213 Å². The quantitative estimate of drug-likeness (QED) is 0.0897. The molecule has 25 rings (SSSR count). The first-order chi connectivity index (χ1) is 69.1. The molecular formula is C132H100N6Si3. The van der Waals surface area contributed by atoms with E-state index < -0.39 is 24.2 Å². The molecule has 0 unspecified atom stereocenters. The van der Waals surface area contributed by atoms with Crippen LogP contribution in [0, 0.1) is 0 Å². The normalized spacial score (nSPS) is 12.8. The molecule has 141 heavy (non-hydrogen) atoms. The highest BCUT2D eigenvalue weighted by Gasteiger charge is 2.45. The average molecular weight is 1850 g/mol. The molecule has 0 fully saturated rings. The van der Waals surface area contributed by atoms with Crippen molar-refractivity contribution in [3.63, 3.8) is 0 Å². The molecule has 0 amide bonds. The van der Waals surface area contributed by atoms with E-state index in [4.69, 9.17) is 29.9 Å². The van der Waals surface area contributed by atoms with Gasteiger partial charge in [0.2, 0.25) is 0 Å². The highest BCUT2D eigenvalue weighted by Crippen LogP contribution is 2.46. The maximum absolute atomic E-state index is 5.53. The van der Waals surface area contributed by atoms with Gasteiger partial charge in [0.25, 0.3) is 0 Å². The fourth-order valence-electron chi connectivity index (χ4n) is 21.0. The minimum absolute atomic E-state index is 0.767. The number of nitrogens with zero attached hydrogens (tertiary/aromatic N) is 6. The minimum atomic E-state index is -2.14. The summed E-state index contributed by atoms with van der Waals surface area (Å²) in [4.78, 5) is 32.8. The zero-order chi connectivity index (χ0) is 95.1. The van der Waals surface area contributed by atoms with Gasteiger partial charge >= 0.3 is 0 Å². The summed E-state index contributed by atoms with van der Waals surface area (Å²) in [6, 6.07) is 178. The van der Waals surface area contributed by atoms with Crippen LogP contribution >= 0.6 is 0 Å². The number of rotatable bonds is 16. The van der Waals surface area contributed by atoms with Gasteiger partial charge in [-0.2, -0.15) is 0 Å². The highest BCUT2D eigenvalue weighted by atomic mass is 28.3. The zero-order valence-electron chi connectivity index (χ0n) is 79.5. The van der Waals surface area contributed by atoms with Crippen LogP contribution in [-0.2, 0) is 0 Å². The number of hydrogen-bond donors (Lipinski definition) is 0. The molecule has 19 aromatic carbocycles. The van der Waals surface area contributed by atoms with Crippen molar-refractivity contribution in [1.29, 1.82) is 0 Å². The molecule has 0 atom stereocenters. The van der Waals surface area contributed by atoms with Crippen molar-refractivity contribution in [2.24, 2.45) is 0 Å². The van der Waals surface area contributed by atoms with Gasteiger partial charge in [0.1, 0.15) is 24.2 Å². The van der Waals surface area contributed by atoms with Crippen molar-refractivity contribution in [3.8, 4) is 213 Å². The number of aromatic nitrogens is 6. The topological polar surface area (TPSA) is 77.3 Å². The monoisotopic (exact) mass is 1850 g/mol. The molecule has 6 nitrogen and oxygen atoms in total. The Hall–Kier alpha value is -16.9. The summed E-state index contributed by atoms with van der Waals surface area (Å²) in [7, 11) is -6.31. The minimum Gasteiger partial charge on any atom is -0.237 e. The van der Waals surface area contributed by atoms with E-state index in [1.165, 1.54) is 159 Å². The molecule has 9 heteroatoms. The van der Waals surface area contributed by atoms with Gasteiger partial charge in [-0.3, -0.25) is 0 Å². The molecule has 0 saturated heterocycles. The van der Waals surface area contributed by atoms with Gasteiger partial charge in [0.05, 0.1) is 17.1 Å². The van der Waals surface area contributed by atoms with Gasteiger partial charge < -0.3 is 0 Å². The molecule has 6 heterocycles. The van der Waals surface area contributed by atoms with E-state index in [1.54, 1.807) is 0 Å². The maximum atomic E-state index is 5.53. The van der Waals surface area contributed by atoms with Crippen molar-refractivity contribution in [2.75, 3.05) is 0 Å². The van der Waals surface area contributed by atoms with E-state index in [9.17, 15) is 0 Å². The van der Waals surface area contributed by atoms with Crippen molar-refractivity contribution in [2.45, 2.75) is 39.3 Å². The summed E-state index contributed by atoms with van der Waals surface area (Å²) < 4.78 is 0. The van der Waals surface area contributed by atoms with Gasteiger partial charge in [-0.1, -0.05) is 464 Å². The molecule has 0 aliphatic carbocycles. The molecular weight excluding hydrogens is 1750 g/mol. The maximum Gasteiger partial charge on any atom is 0.159 e. The van der Waals surface area contributed by atoms with Gasteiger partial charge in [-0.05, 0) is 216 Å². The molecule has 0 bridgehead atoms. The van der Waals surface area contributed by atoms with Gasteiger partial charge in [-0.15, -0.1) is 0 Å². The molecule has 0 spiro atoms. The van der Waals surface area contributed by atoms with Gasteiger partial charge in [0, 0.05) is 66.0 Å². The largest absolute Gasteiger partial charge is 0.237 e. The van der Waals surface area contributed by atoms with Gasteiger partial charge in [-0.25, -0.2) is 29.9 Å². The fraction of sp³-hybridized carbons (Fsp3) is 0.0455. The zero-order valence-corrected chi connectivity index (χ0v) is 82.5. The van der Waals surface area contributed by atoms with E-state index in [2.05, 4.69) is 537 Å². The van der Waals surface area contributed by atoms with Crippen LogP contribution in [0.2, 0.25) is 39.3 Å². The van der Waals surface area contributed by atoms with E-state index >= 15 is 0 Å². The Labute approximate surface area is 828 Å². The molecule has 670 valence electrons. The summed E-state index contributed by atoms with van der Waals surface area (Å²) in [5.74, 6) is 2.33. The molecule has 3 aliphatic heterocycles. The summed E-state index contributed by atoms with van der Waals surface area (Å²) in [6.45, 7) is 14.6. The molecule has 22 aromatic rings. The summed E-state index contributed by atoms with van der Waals surface area (Å²) in [5, 5.41) is 7.89. The smallest absolute Gasteiger partial charge is 0.159 e. The van der Waals surface area contributed by atoms with Crippen LogP contribution in [0.15, 0.2) is 497 Å². The van der Waals surface area contributed by atoms with Crippen LogP contribution in [-0.4, -0.2) is 54.1 Å². The first kappa shape index (κ1) is 88.1. The average Bonchev–Trinajstić information content (AvgIpc) is 1.57. The summed E-state index contributed by atoms with van der Waals surface area (Å²) >= 11 is 0. The van der Waals surface area contributed by atoms with E-state index in [-0.39, 0.29) is 0 Å².